The molecule has 220 valence electrons. The van der Waals surface area contributed by atoms with E-state index in [-0.39, 0.29) is 0 Å². The molecule has 0 saturated carbocycles. The minimum Gasteiger partial charge on any atom is -0.278 e. The lowest BCUT2D eigenvalue weighted by Gasteiger charge is -2.23. The molecule has 3 heterocycles. The summed E-state index contributed by atoms with van der Waals surface area (Å²) < 4.78 is 4.61. The molecule has 10 rings (SSSR count). The number of nitrogens with zero attached hydrogens (tertiary/aromatic N) is 5. The van der Waals surface area contributed by atoms with Gasteiger partial charge in [-0.2, -0.15) is 0 Å². The molecule has 0 aliphatic heterocycles. The Morgan fingerprint density at radius 3 is 1.70 bits per heavy atom. The molecule has 0 saturated heterocycles. The Labute approximate surface area is 271 Å². The molecule has 1 aliphatic rings. The predicted octanol–water partition coefficient (Wildman–Crippen LogP) is 9.79. The summed E-state index contributed by atoms with van der Waals surface area (Å²) in [7, 11) is 0. The summed E-state index contributed by atoms with van der Waals surface area (Å²) in [6.45, 7) is 0. The van der Waals surface area contributed by atoms with Crippen molar-refractivity contribution in [3.8, 4) is 50.2 Å². The van der Waals surface area contributed by atoms with Crippen molar-refractivity contribution in [3.05, 3.63) is 163 Å². The highest BCUT2D eigenvalue weighted by Gasteiger charge is 2.24. The van der Waals surface area contributed by atoms with Crippen molar-refractivity contribution in [1.29, 1.82) is 0 Å². The molecular formula is C42H27N5. The van der Waals surface area contributed by atoms with Gasteiger partial charge >= 0.3 is 0 Å². The van der Waals surface area contributed by atoms with Gasteiger partial charge in [-0.1, -0.05) is 103 Å². The lowest BCUT2D eigenvalue weighted by atomic mass is 9.81. The quantitative estimate of drug-likeness (QED) is 0.203. The summed E-state index contributed by atoms with van der Waals surface area (Å²) in [6, 6.07) is 50.3. The van der Waals surface area contributed by atoms with Crippen LogP contribution in [-0.2, 0) is 6.42 Å². The van der Waals surface area contributed by atoms with E-state index in [1.54, 1.807) is 12.5 Å². The van der Waals surface area contributed by atoms with E-state index in [0.717, 1.165) is 44.8 Å². The van der Waals surface area contributed by atoms with E-state index in [0.29, 0.717) is 6.42 Å². The van der Waals surface area contributed by atoms with E-state index in [9.17, 15) is 0 Å². The molecule has 0 fully saturated rings. The van der Waals surface area contributed by atoms with Crippen LogP contribution in [0.25, 0.3) is 78.0 Å². The summed E-state index contributed by atoms with van der Waals surface area (Å²) in [4.78, 5) is 14.0. The van der Waals surface area contributed by atoms with Crippen LogP contribution in [0.4, 0.5) is 0 Å². The van der Waals surface area contributed by atoms with Crippen LogP contribution in [0.5, 0.6) is 0 Å². The van der Waals surface area contributed by atoms with Gasteiger partial charge in [-0.05, 0) is 86.5 Å². The van der Waals surface area contributed by atoms with Crippen molar-refractivity contribution < 1.29 is 0 Å². The van der Waals surface area contributed by atoms with E-state index >= 15 is 0 Å². The highest BCUT2D eigenvalue weighted by molar-refractivity contribution is 6.03. The summed E-state index contributed by atoms with van der Waals surface area (Å²) in [5.74, 6) is 0.890. The van der Waals surface area contributed by atoms with Gasteiger partial charge in [-0.15, -0.1) is 0 Å². The molecule has 0 unspecified atom stereocenters. The molecule has 5 nitrogen and oxygen atoms in total. The average Bonchev–Trinajstić information content (AvgIpc) is 3.67. The van der Waals surface area contributed by atoms with Gasteiger partial charge in [0.15, 0.2) is 0 Å². The molecule has 0 N–H and O–H groups in total. The predicted molar refractivity (Wildman–Crippen MR) is 190 cm³/mol. The second-order valence-electron chi connectivity index (χ2n) is 12.1. The highest BCUT2D eigenvalue weighted by Crippen LogP contribution is 2.48. The zero-order chi connectivity index (χ0) is 30.9. The SMILES string of the molecule is c1ccc2c(c1)-c1ccccc1-c1ccc(-n3c4ccccc4n4c5cccc(Cc6ccncn6)c5nc34)cc1-c1ccccc1-2. The smallest absolute Gasteiger partial charge is 0.220 e. The van der Waals surface area contributed by atoms with E-state index in [4.69, 9.17) is 4.98 Å². The van der Waals surface area contributed by atoms with Crippen LogP contribution in [0.2, 0.25) is 0 Å². The fourth-order valence-corrected chi connectivity index (χ4v) is 7.49. The van der Waals surface area contributed by atoms with Gasteiger partial charge < -0.3 is 0 Å². The van der Waals surface area contributed by atoms with Crippen LogP contribution in [0.3, 0.4) is 0 Å². The van der Waals surface area contributed by atoms with Crippen LogP contribution < -0.4 is 0 Å². The maximum absolute atomic E-state index is 5.36. The van der Waals surface area contributed by atoms with Crippen molar-refractivity contribution in [2.24, 2.45) is 0 Å². The number of imidazole rings is 2. The minimum absolute atomic E-state index is 0.689. The first-order chi connectivity index (χ1) is 23.3. The van der Waals surface area contributed by atoms with Gasteiger partial charge in [0.2, 0.25) is 5.78 Å². The van der Waals surface area contributed by atoms with Crippen LogP contribution >= 0.6 is 0 Å². The summed E-state index contributed by atoms with van der Waals surface area (Å²) in [5, 5.41) is 0. The number of benzene rings is 6. The molecule has 1 aliphatic carbocycles. The Bertz CT molecular complexity index is 2660. The van der Waals surface area contributed by atoms with E-state index in [2.05, 4.69) is 152 Å². The zero-order valence-electron chi connectivity index (χ0n) is 25.4. The largest absolute Gasteiger partial charge is 0.278 e. The lowest BCUT2D eigenvalue weighted by molar-refractivity contribution is 1.03. The minimum atomic E-state index is 0.689. The van der Waals surface area contributed by atoms with Crippen LogP contribution in [0, 0.1) is 0 Å². The molecule has 6 aromatic carbocycles. The number of fused-ring (bicyclic) bond motifs is 13. The van der Waals surface area contributed by atoms with Gasteiger partial charge in [0, 0.05) is 24.0 Å². The van der Waals surface area contributed by atoms with Crippen LogP contribution in [-0.4, -0.2) is 23.9 Å². The van der Waals surface area contributed by atoms with Crippen LogP contribution in [0.15, 0.2) is 152 Å². The molecule has 0 atom stereocenters. The summed E-state index contributed by atoms with van der Waals surface area (Å²) in [5.41, 5.74) is 17.4. The van der Waals surface area contributed by atoms with Gasteiger partial charge in [0.25, 0.3) is 0 Å². The monoisotopic (exact) mass is 601 g/mol. The van der Waals surface area contributed by atoms with Gasteiger partial charge in [0.05, 0.1) is 22.1 Å². The second-order valence-corrected chi connectivity index (χ2v) is 12.1. The first-order valence-corrected chi connectivity index (χ1v) is 15.9. The summed E-state index contributed by atoms with van der Waals surface area (Å²) in [6.07, 6.45) is 4.09. The lowest BCUT2D eigenvalue weighted by Crippen LogP contribution is -2.00. The van der Waals surface area contributed by atoms with Gasteiger partial charge in [-0.3, -0.25) is 8.97 Å². The third-order valence-electron chi connectivity index (χ3n) is 9.53. The standard InChI is InChI=1S/C42H27N5/c1-2-12-31-30(11-1)32-13-3-4-15-34(32)36-21-20-29(25-37(36)35-16-6-5-14-33(31)35)46-38-17-7-8-18-39(38)47-40-19-9-10-27(41(40)45-42(46)47)24-28-22-23-43-26-44-28/h1-23,25-26H,24H2. The Balaban J connectivity index is 1.26. The molecule has 0 radical (unpaired) electrons. The number of rotatable bonds is 3. The molecule has 47 heavy (non-hydrogen) atoms. The third-order valence-corrected chi connectivity index (χ3v) is 9.53. The maximum Gasteiger partial charge on any atom is 0.220 e. The summed E-state index contributed by atoms with van der Waals surface area (Å²) >= 11 is 0. The molecule has 0 amide bonds. The first-order valence-electron chi connectivity index (χ1n) is 15.9. The Morgan fingerprint density at radius 1 is 0.489 bits per heavy atom. The molecular weight excluding hydrogens is 574 g/mol. The molecule has 0 spiro atoms. The fourth-order valence-electron chi connectivity index (χ4n) is 7.49. The van der Waals surface area contributed by atoms with E-state index in [1.165, 1.54) is 44.5 Å². The molecule has 3 aromatic heterocycles. The number of para-hydroxylation sites is 3. The highest BCUT2D eigenvalue weighted by atomic mass is 15.2. The number of hydrogen-bond acceptors (Lipinski definition) is 3. The average molecular weight is 602 g/mol. The van der Waals surface area contributed by atoms with E-state index in [1.807, 2.05) is 6.07 Å². The van der Waals surface area contributed by atoms with Crippen molar-refractivity contribution >= 4 is 27.8 Å². The first kappa shape index (κ1) is 25.9. The second kappa shape index (κ2) is 10.1. The van der Waals surface area contributed by atoms with Gasteiger partial charge in [-0.25, -0.2) is 15.0 Å². The fraction of sp³-hybridized carbons (Fsp3) is 0.0238. The molecule has 5 heteroatoms. The number of hydrogen-bond donors (Lipinski definition) is 0. The Kier molecular flexibility index (Phi) is 5.57. The van der Waals surface area contributed by atoms with Gasteiger partial charge in [0.1, 0.15) is 6.33 Å². The van der Waals surface area contributed by atoms with E-state index < -0.39 is 0 Å². The van der Waals surface area contributed by atoms with Crippen molar-refractivity contribution in [3.63, 3.8) is 0 Å². The Hall–Kier alpha value is -6.33. The zero-order valence-corrected chi connectivity index (χ0v) is 25.4. The third kappa shape index (κ3) is 3.87. The normalized spacial score (nSPS) is 11.9. The van der Waals surface area contributed by atoms with Crippen LogP contribution in [0.1, 0.15) is 11.3 Å². The number of aromatic nitrogens is 5. The van der Waals surface area contributed by atoms with Crippen molar-refractivity contribution in [1.82, 2.24) is 23.9 Å². The molecule has 0 bridgehead atoms. The maximum atomic E-state index is 5.36. The molecule has 9 aromatic rings. The Morgan fingerprint density at radius 2 is 1.06 bits per heavy atom. The van der Waals surface area contributed by atoms with Crippen molar-refractivity contribution in [2.45, 2.75) is 6.42 Å². The topological polar surface area (TPSA) is 48.0 Å². The van der Waals surface area contributed by atoms with Crippen molar-refractivity contribution in [2.75, 3.05) is 0 Å².